The number of halogens is 4. The average Bonchev–Trinajstić information content (AvgIpc) is 2.54. The zero-order chi connectivity index (χ0) is 16.1. The SMILES string of the molecule is N#CCCc1c(F)c(F)c(COC2CCCCO2)c(F)c1F. The molecule has 1 atom stereocenters. The van der Waals surface area contributed by atoms with E-state index in [0.717, 1.165) is 12.8 Å². The molecule has 1 unspecified atom stereocenters. The van der Waals surface area contributed by atoms with Crippen LogP contribution >= 0.6 is 0 Å². The van der Waals surface area contributed by atoms with Crippen LogP contribution in [-0.4, -0.2) is 12.9 Å². The highest BCUT2D eigenvalue weighted by molar-refractivity contribution is 5.30. The smallest absolute Gasteiger partial charge is 0.167 e. The number of benzene rings is 1. The Morgan fingerprint density at radius 3 is 2.23 bits per heavy atom. The van der Waals surface area contributed by atoms with Gasteiger partial charge in [0.15, 0.2) is 29.6 Å². The molecule has 0 radical (unpaired) electrons. The van der Waals surface area contributed by atoms with Crippen LogP contribution in [0.3, 0.4) is 0 Å². The van der Waals surface area contributed by atoms with Crippen molar-refractivity contribution in [2.75, 3.05) is 6.61 Å². The van der Waals surface area contributed by atoms with Crippen molar-refractivity contribution in [3.8, 4) is 6.07 Å². The van der Waals surface area contributed by atoms with Crippen LogP contribution < -0.4 is 0 Å². The number of rotatable bonds is 5. The lowest BCUT2D eigenvalue weighted by molar-refractivity contribution is -0.169. The van der Waals surface area contributed by atoms with E-state index in [9.17, 15) is 17.6 Å². The van der Waals surface area contributed by atoms with Crippen LogP contribution in [0.25, 0.3) is 0 Å². The summed E-state index contributed by atoms with van der Waals surface area (Å²) in [7, 11) is 0. The Balaban J connectivity index is 2.19. The van der Waals surface area contributed by atoms with Crippen LogP contribution in [0.2, 0.25) is 0 Å². The molecule has 1 aliphatic heterocycles. The molecule has 0 bridgehead atoms. The Morgan fingerprint density at radius 1 is 1.05 bits per heavy atom. The number of hydrogen-bond acceptors (Lipinski definition) is 3. The lowest BCUT2D eigenvalue weighted by atomic mass is 10.0. The fourth-order valence-electron chi connectivity index (χ4n) is 2.27. The van der Waals surface area contributed by atoms with Gasteiger partial charge in [-0.25, -0.2) is 17.6 Å². The minimum absolute atomic E-state index is 0.238. The minimum Gasteiger partial charge on any atom is -0.353 e. The third-order valence-corrected chi connectivity index (χ3v) is 3.48. The van der Waals surface area contributed by atoms with Crippen LogP contribution in [0, 0.1) is 34.6 Å². The molecule has 0 amide bonds. The van der Waals surface area contributed by atoms with Crippen molar-refractivity contribution in [2.45, 2.75) is 45.0 Å². The van der Waals surface area contributed by atoms with Crippen molar-refractivity contribution in [3.63, 3.8) is 0 Å². The second kappa shape index (κ2) is 7.56. The number of ether oxygens (including phenoxy) is 2. The maximum absolute atomic E-state index is 13.9. The van der Waals surface area contributed by atoms with E-state index in [-0.39, 0.29) is 6.42 Å². The molecule has 0 aliphatic carbocycles. The molecule has 1 aliphatic rings. The van der Waals surface area contributed by atoms with E-state index in [4.69, 9.17) is 14.7 Å². The Hall–Kier alpha value is -1.65. The van der Waals surface area contributed by atoms with Gasteiger partial charge in [0, 0.05) is 18.6 Å². The highest BCUT2D eigenvalue weighted by atomic mass is 19.2. The van der Waals surface area contributed by atoms with Crippen molar-refractivity contribution >= 4 is 0 Å². The molecule has 1 aromatic rings. The quantitative estimate of drug-likeness (QED) is 0.614. The van der Waals surface area contributed by atoms with Gasteiger partial charge < -0.3 is 9.47 Å². The summed E-state index contributed by atoms with van der Waals surface area (Å²) in [6.45, 7) is -0.139. The molecule has 1 fully saturated rings. The van der Waals surface area contributed by atoms with E-state index in [0.29, 0.717) is 13.0 Å². The molecule has 22 heavy (non-hydrogen) atoms. The highest BCUT2D eigenvalue weighted by Gasteiger charge is 2.26. The Labute approximate surface area is 125 Å². The van der Waals surface area contributed by atoms with Gasteiger partial charge in [-0.3, -0.25) is 0 Å². The van der Waals surface area contributed by atoms with Crippen molar-refractivity contribution < 1.29 is 27.0 Å². The van der Waals surface area contributed by atoms with Crippen molar-refractivity contribution in [2.24, 2.45) is 0 Å². The fraction of sp³-hybridized carbons (Fsp3) is 0.533. The van der Waals surface area contributed by atoms with Gasteiger partial charge in [0.1, 0.15) is 0 Å². The van der Waals surface area contributed by atoms with Crippen LogP contribution in [0.5, 0.6) is 0 Å². The Bertz CT molecular complexity index is 551. The molecular formula is C15H15F4NO2. The summed E-state index contributed by atoms with van der Waals surface area (Å²) >= 11 is 0. The molecule has 0 spiro atoms. The van der Waals surface area contributed by atoms with Crippen LogP contribution in [0.4, 0.5) is 17.6 Å². The number of hydrogen-bond donors (Lipinski definition) is 0. The normalized spacial score (nSPS) is 18.2. The van der Waals surface area contributed by atoms with Gasteiger partial charge in [-0.05, 0) is 25.7 Å². The largest absolute Gasteiger partial charge is 0.353 e. The Morgan fingerprint density at radius 2 is 1.68 bits per heavy atom. The van der Waals surface area contributed by atoms with Gasteiger partial charge in [-0.1, -0.05) is 0 Å². The average molecular weight is 317 g/mol. The molecule has 0 saturated carbocycles. The third-order valence-electron chi connectivity index (χ3n) is 3.48. The fourth-order valence-corrected chi connectivity index (χ4v) is 2.27. The first-order valence-electron chi connectivity index (χ1n) is 7.00. The second-order valence-electron chi connectivity index (χ2n) is 4.98. The molecule has 1 heterocycles. The first-order valence-corrected chi connectivity index (χ1v) is 7.00. The third kappa shape index (κ3) is 3.57. The van der Waals surface area contributed by atoms with Gasteiger partial charge >= 0.3 is 0 Å². The maximum Gasteiger partial charge on any atom is 0.167 e. The molecule has 7 heteroatoms. The monoisotopic (exact) mass is 317 g/mol. The summed E-state index contributed by atoms with van der Waals surface area (Å²) < 4.78 is 65.8. The van der Waals surface area contributed by atoms with Gasteiger partial charge in [-0.2, -0.15) is 5.26 Å². The molecule has 1 aromatic carbocycles. The van der Waals surface area contributed by atoms with Crippen molar-refractivity contribution in [1.82, 2.24) is 0 Å². The zero-order valence-corrected chi connectivity index (χ0v) is 11.8. The summed E-state index contributed by atoms with van der Waals surface area (Å²) in [5.41, 5.74) is -1.56. The van der Waals surface area contributed by atoms with Crippen LogP contribution in [-0.2, 0) is 22.5 Å². The molecular weight excluding hydrogens is 302 g/mol. The molecule has 0 N–H and O–H groups in total. The molecule has 0 aromatic heterocycles. The van der Waals surface area contributed by atoms with E-state index >= 15 is 0 Å². The van der Waals surface area contributed by atoms with Gasteiger partial charge in [-0.15, -0.1) is 0 Å². The van der Waals surface area contributed by atoms with Crippen molar-refractivity contribution in [1.29, 1.82) is 5.26 Å². The second-order valence-corrected chi connectivity index (χ2v) is 4.98. The summed E-state index contributed by atoms with van der Waals surface area (Å²) in [4.78, 5) is 0. The Kier molecular flexibility index (Phi) is 5.75. The van der Waals surface area contributed by atoms with E-state index < -0.39 is 53.7 Å². The van der Waals surface area contributed by atoms with Crippen molar-refractivity contribution in [3.05, 3.63) is 34.4 Å². The van der Waals surface area contributed by atoms with Gasteiger partial charge in [0.25, 0.3) is 0 Å². The topological polar surface area (TPSA) is 42.2 Å². The summed E-state index contributed by atoms with van der Waals surface area (Å²) in [6.07, 6.45) is 1.03. The molecule has 2 rings (SSSR count). The lowest BCUT2D eigenvalue weighted by Gasteiger charge is -2.23. The van der Waals surface area contributed by atoms with E-state index in [2.05, 4.69) is 0 Å². The summed E-state index contributed by atoms with van der Waals surface area (Å²) in [5.74, 6) is -5.92. The summed E-state index contributed by atoms with van der Waals surface area (Å²) in [6, 6.07) is 1.67. The molecule has 1 saturated heterocycles. The summed E-state index contributed by atoms with van der Waals surface area (Å²) in [5, 5.41) is 8.41. The predicted octanol–water partition coefficient (Wildman–Crippen LogP) is 3.74. The minimum atomic E-state index is -1.48. The number of nitriles is 1. The van der Waals surface area contributed by atoms with Crippen LogP contribution in [0.1, 0.15) is 36.8 Å². The standard InChI is InChI=1S/C15H15F4NO2/c16-12-9(4-3-6-20)13(17)15(19)10(14(12)18)8-22-11-5-1-2-7-21-11/h11H,1-5,7-8H2. The van der Waals surface area contributed by atoms with Gasteiger partial charge in [0.05, 0.1) is 18.2 Å². The zero-order valence-electron chi connectivity index (χ0n) is 11.8. The van der Waals surface area contributed by atoms with E-state index in [1.807, 2.05) is 0 Å². The lowest BCUT2D eigenvalue weighted by Crippen LogP contribution is -2.23. The first kappa shape index (κ1) is 16.7. The molecule has 120 valence electrons. The van der Waals surface area contributed by atoms with Crippen LogP contribution in [0.15, 0.2) is 0 Å². The van der Waals surface area contributed by atoms with E-state index in [1.165, 1.54) is 0 Å². The maximum atomic E-state index is 13.9. The van der Waals surface area contributed by atoms with Gasteiger partial charge in [0.2, 0.25) is 0 Å². The predicted molar refractivity (Wildman–Crippen MR) is 68.6 cm³/mol. The first-order chi connectivity index (χ1) is 10.6. The number of nitrogens with zero attached hydrogens (tertiary/aromatic N) is 1. The highest BCUT2D eigenvalue weighted by Crippen LogP contribution is 2.26. The molecule has 3 nitrogen and oxygen atoms in total. The van der Waals surface area contributed by atoms with E-state index in [1.54, 1.807) is 6.07 Å².